The van der Waals surface area contributed by atoms with Gasteiger partial charge in [0.1, 0.15) is 0 Å². The van der Waals surface area contributed by atoms with Gasteiger partial charge in [0, 0.05) is 13.6 Å². The zero-order valence-electron chi connectivity index (χ0n) is 14.8. The summed E-state index contributed by atoms with van der Waals surface area (Å²) in [6.07, 6.45) is 1.13. The standard InChI is InChI=1S/C18H19F2N3O3S/c1-21(27(2,25)26)11-13-7-9-14(10-8-13)12-22-15-5-3-4-6-16(15)23(17(19)20)18(22)24/h3-10,17H,11-12H2,1-2H3. The number of benzene rings is 2. The summed E-state index contributed by atoms with van der Waals surface area (Å²) in [5, 5.41) is 0. The Kier molecular flexibility index (Phi) is 5.16. The van der Waals surface area contributed by atoms with Crippen molar-refractivity contribution < 1.29 is 17.2 Å². The molecule has 6 nitrogen and oxygen atoms in total. The molecule has 144 valence electrons. The highest BCUT2D eigenvalue weighted by Gasteiger charge is 2.19. The summed E-state index contributed by atoms with van der Waals surface area (Å²) >= 11 is 0. The monoisotopic (exact) mass is 395 g/mol. The van der Waals surface area contributed by atoms with E-state index >= 15 is 0 Å². The van der Waals surface area contributed by atoms with Crippen molar-refractivity contribution in [3.05, 3.63) is 70.1 Å². The Hall–Kier alpha value is -2.52. The molecule has 0 aliphatic heterocycles. The van der Waals surface area contributed by atoms with Crippen molar-refractivity contribution in [2.75, 3.05) is 13.3 Å². The van der Waals surface area contributed by atoms with Crippen LogP contribution in [0.25, 0.3) is 11.0 Å². The van der Waals surface area contributed by atoms with Crippen LogP contribution in [0.2, 0.25) is 0 Å². The Balaban J connectivity index is 1.90. The fourth-order valence-corrected chi connectivity index (χ4v) is 3.26. The second-order valence-corrected chi connectivity index (χ2v) is 8.43. The van der Waals surface area contributed by atoms with Crippen molar-refractivity contribution in [1.82, 2.24) is 13.4 Å². The van der Waals surface area contributed by atoms with E-state index in [1.54, 1.807) is 42.5 Å². The molecule has 0 saturated heterocycles. The van der Waals surface area contributed by atoms with Crippen molar-refractivity contribution in [1.29, 1.82) is 0 Å². The molecule has 3 aromatic rings. The fraction of sp³-hybridized carbons (Fsp3) is 0.278. The number of hydrogen-bond acceptors (Lipinski definition) is 3. The Morgan fingerprint density at radius 1 is 1.00 bits per heavy atom. The van der Waals surface area contributed by atoms with Gasteiger partial charge in [0.05, 0.1) is 23.8 Å². The maximum atomic E-state index is 13.3. The summed E-state index contributed by atoms with van der Waals surface area (Å²) in [5.74, 6) is 0. The van der Waals surface area contributed by atoms with Crippen LogP contribution in [-0.2, 0) is 23.1 Å². The van der Waals surface area contributed by atoms with Crippen LogP contribution in [0.1, 0.15) is 17.7 Å². The van der Waals surface area contributed by atoms with Gasteiger partial charge < -0.3 is 0 Å². The molecule has 9 heteroatoms. The van der Waals surface area contributed by atoms with Gasteiger partial charge in [-0.25, -0.2) is 22.1 Å². The molecule has 1 heterocycles. The Morgan fingerprint density at radius 2 is 1.56 bits per heavy atom. The van der Waals surface area contributed by atoms with Gasteiger partial charge in [0.25, 0.3) is 0 Å². The van der Waals surface area contributed by atoms with Gasteiger partial charge >= 0.3 is 12.2 Å². The molecule has 0 amide bonds. The van der Waals surface area contributed by atoms with Crippen molar-refractivity contribution in [3.63, 3.8) is 0 Å². The van der Waals surface area contributed by atoms with Crippen molar-refractivity contribution in [2.45, 2.75) is 19.6 Å². The largest absolute Gasteiger partial charge is 0.333 e. The van der Waals surface area contributed by atoms with Crippen LogP contribution in [-0.4, -0.2) is 35.2 Å². The molecule has 27 heavy (non-hydrogen) atoms. The lowest BCUT2D eigenvalue weighted by atomic mass is 10.1. The van der Waals surface area contributed by atoms with Crippen LogP contribution in [0.15, 0.2) is 53.3 Å². The van der Waals surface area contributed by atoms with Gasteiger partial charge in [-0.3, -0.25) is 4.57 Å². The number of halogens is 2. The van der Waals surface area contributed by atoms with E-state index in [4.69, 9.17) is 0 Å². The predicted molar refractivity (Wildman–Crippen MR) is 99.3 cm³/mol. The van der Waals surface area contributed by atoms with Gasteiger partial charge in [0.15, 0.2) is 0 Å². The summed E-state index contributed by atoms with van der Waals surface area (Å²) in [5.41, 5.74) is 1.38. The van der Waals surface area contributed by atoms with Gasteiger partial charge in [-0.2, -0.15) is 8.78 Å². The molecule has 2 aromatic carbocycles. The smallest absolute Gasteiger partial charge is 0.287 e. The average molecular weight is 395 g/mol. The lowest BCUT2D eigenvalue weighted by Crippen LogP contribution is -2.25. The molecule has 0 bridgehead atoms. The van der Waals surface area contributed by atoms with Crippen LogP contribution in [0.4, 0.5) is 8.78 Å². The minimum Gasteiger partial charge on any atom is -0.287 e. The minimum absolute atomic E-state index is 0.140. The lowest BCUT2D eigenvalue weighted by Gasteiger charge is -2.14. The third kappa shape index (κ3) is 3.93. The molecule has 1 aromatic heterocycles. The van der Waals surface area contributed by atoms with Crippen molar-refractivity contribution in [2.24, 2.45) is 0 Å². The summed E-state index contributed by atoms with van der Waals surface area (Å²) in [4.78, 5) is 12.4. The number of rotatable bonds is 6. The minimum atomic E-state index is -3.28. The zero-order chi connectivity index (χ0) is 19.8. The topological polar surface area (TPSA) is 64.3 Å². The summed E-state index contributed by atoms with van der Waals surface area (Å²) < 4.78 is 52.5. The second-order valence-electron chi connectivity index (χ2n) is 6.34. The van der Waals surface area contributed by atoms with E-state index in [1.165, 1.54) is 22.0 Å². The van der Waals surface area contributed by atoms with Gasteiger partial charge in [0.2, 0.25) is 10.0 Å². The Labute approximate surface area is 155 Å². The lowest BCUT2D eigenvalue weighted by molar-refractivity contribution is 0.0703. The SMILES string of the molecule is CN(Cc1ccc(Cn2c(=O)n(C(F)F)c3ccccc32)cc1)S(C)(=O)=O. The Bertz CT molecular complexity index is 1120. The highest BCUT2D eigenvalue weighted by atomic mass is 32.2. The molecule has 3 rings (SSSR count). The number of alkyl halides is 2. The third-order valence-electron chi connectivity index (χ3n) is 4.40. The molecule has 0 aliphatic rings. The molecule has 0 radical (unpaired) electrons. The van der Waals surface area contributed by atoms with Crippen molar-refractivity contribution >= 4 is 21.1 Å². The molecule has 0 N–H and O–H groups in total. The summed E-state index contributed by atoms with van der Waals surface area (Å²) in [7, 11) is -1.79. The summed E-state index contributed by atoms with van der Waals surface area (Å²) in [6.45, 7) is -2.55. The van der Waals surface area contributed by atoms with Crippen molar-refractivity contribution in [3.8, 4) is 0 Å². The highest BCUT2D eigenvalue weighted by Crippen LogP contribution is 2.20. The van der Waals surface area contributed by atoms with E-state index in [0.29, 0.717) is 10.1 Å². The van der Waals surface area contributed by atoms with Gasteiger partial charge in [-0.05, 0) is 23.3 Å². The van der Waals surface area contributed by atoms with E-state index in [1.807, 2.05) is 0 Å². The number of sulfonamides is 1. The predicted octanol–water partition coefficient (Wildman–Crippen LogP) is 2.64. The Morgan fingerprint density at radius 3 is 2.11 bits per heavy atom. The molecule has 0 aliphatic carbocycles. The maximum Gasteiger partial charge on any atom is 0.333 e. The van der Waals surface area contributed by atoms with E-state index in [9.17, 15) is 22.0 Å². The first-order valence-corrected chi connectivity index (χ1v) is 10.0. The van der Waals surface area contributed by atoms with E-state index in [-0.39, 0.29) is 18.6 Å². The van der Waals surface area contributed by atoms with Gasteiger partial charge in [-0.15, -0.1) is 0 Å². The number of imidazole rings is 1. The molecular weight excluding hydrogens is 376 g/mol. The van der Waals surface area contributed by atoms with E-state index in [0.717, 1.165) is 17.4 Å². The molecule has 0 fully saturated rings. The van der Waals surface area contributed by atoms with Crippen LogP contribution < -0.4 is 5.69 Å². The first-order chi connectivity index (χ1) is 12.7. The van der Waals surface area contributed by atoms with Gasteiger partial charge in [-0.1, -0.05) is 36.4 Å². The highest BCUT2D eigenvalue weighted by molar-refractivity contribution is 7.88. The first-order valence-electron chi connectivity index (χ1n) is 8.15. The second kappa shape index (κ2) is 7.24. The number of nitrogens with zero attached hydrogens (tertiary/aromatic N) is 3. The average Bonchev–Trinajstić information content (AvgIpc) is 2.88. The third-order valence-corrected chi connectivity index (χ3v) is 5.66. The molecular formula is C18H19F2N3O3S. The molecule has 0 unspecified atom stereocenters. The van der Waals surface area contributed by atoms with Crippen LogP contribution in [0.5, 0.6) is 0 Å². The number of hydrogen-bond donors (Lipinski definition) is 0. The summed E-state index contributed by atoms with van der Waals surface area (Å²) in [6, 6.07) is 13.5. The van der Waals surface area contributed by atoms with Crippen LogP contribution >= 0.6 is 0 Å². The fourth-order valence-electron chi connectivity index (χ4n) is 2.88. The number of para-hydroxylation sites is 2. The molecule has 0 spiro atoms. The van der Waals surface area contributed by atoms with Crippen LogP contribution in [0, 0.1) is 0 Å². The van der Waals surface area contributed by atoms with E-state index in [2.05, 4.69) is 0 Å². The van der Waals surface area contributed by atoms with E-state index < -0.39 is 22.3 Å². The molecule has 0 atom stereocenters. The van der Waals surface area contributed by atoms with Crippen LogP contribution in [0.3, 0.4) is 0 Å². The number of fused-ring (bicyclic) bond motifs is 1. The maximum absolute atomic E-state index is 13.3. The quantitative estimate of drug-likeness (QED) is 0.645. The molecule has 0 saturated carbocycles. The number of aromatic nitrogens is 2. The first kappa shape index (κ1) is 19.2. The normalized spacial score (nSPS) is 12.4. The zero-order valence-corrected chi connectivity index (χ0v) is 15.7.